The van der Waals surface area contributed by atoms with Crippen molar-refractivity contribution in [2.75, 3.05) is 0 Å². The number of hydrogen-bond donors (Lipinski definition) is 0. The summed E-state index contributed by atoms with van der Waals surface area (Å²) in [6, 6.07) is 50.6. The van der Waals surface area contributed by atoms with Crippen LogP contribution in [0.25, 0.3) is 94.9 Å². The fourth-order valence-electron chi connectivity index (χ4n) is 8.48. The summed E-state index contributed by atoms with van der Waals surface area (Å²) in [4.78, 5) is 25.4. The minimum Gasteiger partial charge on any atom is -0.308 e. The fraction of sp³-hybridized carbons (Fsp3) is 0.0784. The van der Waals surface area contributed by atoms with Crippen LogP contribution in [0, 0.1) is 0 Å². The lowest BCUT2D eigenvalue weighted by Crippen LogP contribution is -2.01. The molecule has 0 bridgehead atoms. The summed E-state index contributed by atoms with van der Waals surface area (Å²) in [5, 5.41) is 2.22. The molecule has 0 spiro atoms. The van der Waals surface area contributed by atoms with Crippen LogP contribution in [-0.4, -0.2) is 34.1 Å². The van der Waals surface area contributed by atoms with Gasteiger partial charge in [0, 0.05) is 28.9 Å². The molecule has 0 N–H and O–H groups in total. The number of para-hydroxylation sites is 2. The lowest BCUT2D eigenvalue weighted by molar-refractivity contribution is 0.764. The van der Waals surface area contributed by atoms with Crippen LogP contribution in [0.5, 0.6) is 0 Å². The van der Waals surface area contributed by atoms with E-state index in [0.717, 1.165) is 114 Å². The van der Waals surface area contributed by atoms with Crippen molar-refractivity contribution in [2.24, 2.45) is 0 Å². The standard InChI is InChI=1S/C51H37N7/c1-2-4-15-34(16-5-3-1)40-21-11-22-41(54-40)43-32-36(35-17-10-18-37(31-35)57-45-24-8-6-19-38(45)50-47(57)26-13-29-52-50)33-44(55-43)42-23-12-28-49(56-42)58-46-25-9-7-20-39(46)51-48(58)27-14-30-53-51/h2,4,6-15,17-33H,1,3,5,16H2/b4-2-,34-15+. The number of hydrogen-bond acceptors (Lipinski definition) is 5. The highest BCUT2D eigenvalue weighted by Gasteiger charge is 2.18. The van der Waals surface area contributed by atoms with Gasteiger partial charge in [-0.15, -0.1) is 0 Å². The summed E-state index contributed by atoms with van der Waals surface area (Å²) in [5.74, 6) is 0.803. The van der Waals surface area contributed by atoms with E-state index in [9.17, 15) is 0 Å². The molecule has 3 aromatic carbocycles. The molecule has 1 aliphatic carbocycles. The van der Waals surface area contributed by atoms with E-state index in [4.69, 9.17) is 24.9 Å². The molecule has 7 heteroatoms. The number of allylic oxidation sites excluding steroid dienone is 4. The summed E-state index contributed by atoms with van der Waals surface area (Å²) < 4.78 is 4.50. The van der Waals surface area contributed by atoms with Crippen molar-refractivity contribution >= 4 is 49.4 Å². The van der Waals surface area contributed by atoms with E-state index in [-0.39, 0.29) is 0 Å². The first-order chi connectivity index (χ1) is 28.8. The van der Waals surface area contributed by atoms with Gasteiger partial charge in [0.15, 0.2) is 0 Å². The Hall–Kier alpha value is -7.51. The molecule has 0 saturated heterocycles. The van der Waals surface area contributed by atoms with Crippen molar-refractivity contribution in [3.63, 3.8) is 0 Å². The number of benzene rings is 3. The van der Waals surface area contributed by atoms with Crippen molar-refractivity contribution in [1.82, 2.24) is 34.1 Å². The molecule has 0 radical (unpaired) electrons. The molecule has 0 aliphatic heterocycles. The first-order valence-electron chi connectivity index (χ1n) is 19.9. The molecular weight excluding hydrogens is 711 g/mol. The molecule has 0 atom stereocenters. The number of pyridine rings is 5. The number of nitrogens with zero attached hydrogens (tertiary/aromatic N) is 7. The van der Waals surface area contributed by atoms with Gasteiger partial charge >= 0.3 is 0 Å². The maximum absolute atomic E-state index is 5.33. The fourth-order valence-corrected chi connectivity index (χ4v) is 8.48. The molecule has 7 nitrogen and oxygen atoms in total. The van der Waals surface area contributed by atoms with Crippen LogP contribution >= 0.6 is 0 Å². The van der Waals surface area contributed by atoms with Gasteiger partial charge in [0.1, 0.15) is 5.82 Å². The average molecular weight is 748 g/mol. The van der Waals surface area contributed by atoms with E-state index >= 15 is 0 Å². The normalized spacial score (nSPS) is 14.7. The minimum atomic E-state index is 0.764. The summed E-state index contributed by atoms with van der Waals surface area (Å²) in [5.41, 5.74) is 14.7. The van der Waals surface area contributed by atoms with Gasteiger partial charge in [0.2, 0.25) is 0 Å². The molecule has 1 aliphatic rings. The largest absolute Gasteiger partial charge is 0.308 e. The molecule has 7 aromatic heterocycles. The van der Waals surface area contributed by atoms with E-state index in [1.807, 2.05) is 30.6 Å². The average Bonchev–Trinajstić information content (AvgIpc) is 3.80. The Bertz CT molecular complexity index is 2980. The van der Waals surface area contributed by atoms with Crippen LogP contribution in [0.15, 0.2) is 176 Å². The van der Waals surface area contributed by atoms with E-state index in [2.05, 4.69) is 155 Å². The second-order valence-corrected chi connectivity index (χ2v) is 14.8. The predicted molar refractivity (Wildman–Crippen MR) is 236 cm³/mol. The second kappa shape index (κ2) is 14.2. The zero-order valence-corrected chi connectivity index (χ0v) is 31.7. The Morgan fingerprint density at radius 3 is 1.84 bits per heavy atom. The first kappa shape index (κ1) is 33.8. The zero-order chi connectivity index (χ0) is 38.4. The van der Waals surface area contributed by atoms with Crippen LogP contribution in [0.3, 0.4) is 0 Å². The smallest absolute Gasteiger partial charge is 0.138 e. The third kappa shape index (κ3) is 5.87. The highest BCUT2D eigenvalue weighted by molar-refractivity contribution is 6.08. The van der Waals surface area contributed by atoms with E-state index < -0.39 is 0 Å². The van der Waals surface area contributed by atoms with Crippen molar-refractivity contribution in [2.45, 2.75) is 25.7 Å². The molecule has 0 unspecified atom stereocenters. The van der Waals surface area contributed by atoms with Gasteiger partial charge in [0.05, 0.1) is 61.6 Å². The Labute approximate surface area is 335 Å². The minimum absolute atomic E-state index is 0.764. The number of aromatic nitrogens is 7. The highest BCUT2D eigenvalue weighted by atomic mass is 15.1. The van der Waals surface area contributed by atoms with Gasteiger partial charge in [-0.3, -0.25) is 14.5 Å². The van der Waals surface area contributed by atoms with Gasteiger partial charge in [-0.2, -0.15) is 0 Å². The van der Waals surface area contributed by atoms with Gasteiger partial charge in [-0.25, -0.2) is 15.0 Å². The third-order valence-electron chi connectivity index (χ3n) is 11.2. The zero-order valence-electron chi connectivity index (χ0n) is 31.7. The van der Waals surface area contributed by atoms with Crippen molar-refractivity contribution in [3.05, 3.63) is 182 Å². The molecule has 10 aromatic rings. The SMILES string of the molecule is C1=C\CCCC\C(c2cccc(-c3cc(-c4cccc(-n5c6ccccc6c6ncccc65)c4)cc(-c4cccc(-n5c6ccccc6c6ncccc65)n4)n3)n2)=C/1. The maximum atomic E-state index is 5.33. The summed E-state index contributed by atoms with van der Waals surface area (Å²) >= 11 is 0. The van der Waals surface area contributed by atoms with Crippen LogP contribution in [0.4, 0.5) is 0 Å². The van der Waals surface area contributed by atoms with Gasteiger partial charge < -0.3 is 4.57 Å². The Morgan fingerprint density at radius 1 is 0.448 bits per heavy atom. The quantitative estimate of drug-likeness (QED) is 0.169. The molecule has 0 amide bonds. The Morgan fingerprint density at radius 2 is 1.07 bits per heavy atom. The molecule has 0 fully saturated rings. The molecule has 11 rings (SSSR count). The van der Waals surface area contributed by atoms with Crippen LogP contribution < -0.4 is 0 Å². The van der Waals surface area contributed by atoms with Crippen LogP contribution in [0.2, 0.25) is 0 Å². The monoisotopic (exact) mass is 747 g/mol. The van der Waals surface area contributed by atoms with Crippen molar-refractivity contribution in [1.29, 1.82) is 0 Å². The van der Waals surface area contributed by atoms with Crippen LogP contribution in [0.1, 0.15) is 31.4 Å². The number of fused-ring (bicyclic) bond motifs is 6. The van der Waals surface area contributed by atoms with Crippen LogP contribution in [-0.2, 0) is 0 Å². The van der Waals surface area contributed by atoms with Crippen molar-refractivity contribution < 1.29 is 0 Å². The third-order valence-corrected chi connectivity index (χ3v) is 11.2. The van der Waals surface area contributed by atoms with E-state index in [1.165, 1.54) is 12.0 Å². The topological polar surface area (TPSA) is 74.3 Å². The molecule has 58 heavy (non-hydrogen) atoms. The lowest BCUT2D eigenvalue weighted by atomic mass is 9.99. The van der Waals surface area contributed by atoms with Crippen molar-refractivity contribution in [3.8, 4) is 45.4 Å². The predicted octanol–water partition coefficient (Wildman–Crippen LogP) is 12.4. The highest BCUT2D eigenvalue weighted by Crippen LogP contribution is 2.36. The van der Waals surface area contributed by atoms with E-state index in [1.54, 1.807) is 0 Å². The first-order valence-corrected chi connectivity index (χ1v) is 19.9. The summed E-state index contributed by atoms with van der Waals surface area (Å²) in [6.07, 6.45) is 14.8. The Kier molecular flexibility index (Phi) is 8.28. The van der Waals surface area contributed by atoms with Gasteiger partial charge in [-0.1, -0.05) is 78.9 Å². The summed E-state index contributed by atoms with van der Waals surface area (Å²) in [6.45, 7) is 0. The Balaban J connectivity index is 1.09. The summed E-state index contributed by atoms with van der Waals surface area (Å²) in [7, 11) is 0. The molecule has 276 valence electrons. The van der Waals surface area contributed by atoms with Gasteiger partial charge in [0.25, 0.3) is 0 Å². The maximum Gasteiger partial charge on any atom is 0.138 e. The van der Waals surface area contributed by atoms with Gasteiger partial charge in [-0.05, 0) is 127 Å². The molecule has 7 heterocycles. The molecule has 0 saturated carbocycles. The van der Waals surface area contributed by atoms with E-state index in [0.29, 0.717) is 0 Å². The lowest BCUT2D eigenvalue weighted by Gasteiger charge is -2.14. The number of rotatable bonds is 6. The molecular formula is C51H37N7. The second-order valence-electron chi connectivity index (χ2n) is 14.8.